The van der Waals surface area contributed by atoms with Crippen LogP contribution in [0.25, 0.3) is 5.69 Å². The largest absolute Gasteiger partial charge is 0.378 e. The van der Waals surface area contributed by atoms with E-state index in [4.69, 9.17) is 4.74 Å². The van der Waals surface area contributed by atoms with Crippen molar-refractivity contribution in [2.24, 2.45) is 0 Å². The first-order valence-electron chi connectivity index (χ1n) is 6.41. The van der Waals surface area contributed by atoms with Gasteiger partial charge in [-0.1, -0.05) is 18.2 Å². The van der Waals surface area contributed by atoms with Gasteiger partial charge in [0.1, 0.15) is 6.29 Å². The lowest BCUT2D eigenvalue weighted by Gasteiger charge is -2.06. The molecule has 1 aromatic carbocycles. The number of unbranched alkanes of at least 4 members (excludes halogenated alkanes) is 1. The zero-order chi connectivity index (χ0) is 13.5. The van der Waals surface area contributed by atoms with E-state index in [-0.39, 0.29) is 0 Å². The fraction of sp³-hybridized carbons (Fsp3) is 0.333. The number of rotatable bonds is 7. The first kappa shape index (κ1) is 13.5. The molecule has 2 rings (SSSR count). The summed E-state index contributed by atoms with van der Waals surface area (Å²) in [6, 6.07) is 12.0. The fourth-order valence-corrected chi connectivity index (χ4v) is 2.03. The second-order valence-corrected chi connectivity index (χ2v) is 4.37. The van der Waals surface area contributed by atoms with E-state index in [0.717, 1.165) is 36.2 Å². The van der Waals surface area contributed by atoms with E-state index < -0.39 is 0 Å². The van der Waals surface area contributed by atoms with E-state index in [1.54, 1.807) is 7.11 Å². The summed E-state index contributed by atoms with van der Waals surface area (Å²) in [6.45, 7) is 0.501. The van der Waals surface area contributed by atoms with Crippen LogP contribution in [-0.2, 0) is 22.6 Å². The number of carbonyl (C=O) groups excluding carboxylic acids is 1. The number of aldehydes is 1. The normalized spacial score (nSPS) is 10.6. The van der Waals surface area contributed by atoms with Crippen molar-refractivity contribution >= 4 is 6.29 Å². The Bertz CT molecular complexity index is 520. The third-order valence-corrected chi connectivity index (χ3v) is 2.88. The van der Waals surface area contributed by atoms with E-state index in [9.17, 15) is 4.79 Å². The van der Waals surface area contributed by atoms with Crippen LogP contribution >= 0.6 is 0 Å². The Morgan fingerprint density at radius 1 is 1.32 bits per heavy atom. The van der Waals surface area contributed by atoms with Crippen molar-refractivity contribution in [1.29, 1.82) is 0 Å². The topological polar surface area (TPSA) is 44.1 Å². The molecule has 0 spiro atoms. The molecule has 4 nitrogen and oxygen atoms in total. The summed E-state index contributed by atoms with van der Waals surface area (Å²) >= 11 is 0. The second-order valence-electron chi connectivity index (χ2n) is 4.37. The summed E-state index contributed by atoms with van der Waals surface area (Å²) in [7, 11) is 1.66. The number of ether oxygens (including phenoxy) is 1. The van der Waals surface area contributed by atoms with Crippen LogP contribution in [0.1, 0.15) is 24.2 Å². The van der Waals surface area contributed by atoms with Crippen molar-refractivity contribution in [2.75, 3.05) is 7.11 Å². The number of hydrogen-bond acceptors (Lipinski definition) is 3. The molecule has 0 aliphatic heterocycles. The molecule has 0 amide bonds. The van der Waals surface area contributed by atoms with Crippen LogP contribution in [0.2, 0.25) is 0 Å². The van der Waals surface area contributed by atoms with Gasteiger partial charge >= 0.3 is 0 Å². The van der Waals surface area contributed by atoms with Crippen LogP contribution in [-0.4, -0.2) is 23.2 Å². The van der Waals surface area contributed by atoms with Gasteiger partial charge < -0.3 is 9.53 Å². The maximum Gasteiger partial charge on any atom is 0.120 e. The van der Waals surface area contributed by atoms with Crippen LogP contribution in [0.4, 0.5) is 0 Å². The molecule has 0 radical (unpaired) electrons. The van der Waals surface area contributed by atoms with Crippen molar-refractivity contribution in [1.82, 2.24) is 9.78 Å². The predicted molar refractivity (Wildman–Crippen MR) is 73.3 cm³/mol. The molecule has 0 aliphatic carbocycles. The molecular weight excluding hydrogens is 240 g/mol. The lowest BCUT2D eigenvalue weighted by atomic mass is 10.2. The van der Waals surface area contributed by atoms with Crippen molar-refractivity contribution in [3.05, 3.63) is 47.8 Å². The Morgan fingerprint density at radius 3 is 2.79 bits per heavy atom. The molecule has 19 heavy (non-hydrogen) atoms. The summed E-state index contributed by atoms with van der Waals surface area (Å²) < 4.78 is 7.06. The summed E-state index contributed by atoms with van der Waals surface area (Å²) in [5, 5.41) is 4.55. The molecular formula is C15H18N2O2. The Labute approximate surface area is 113 Å². The van der Waals surface area contributed by atoms with Gasteiger partial charge in [-0.3, -0.25) is 0 Å². The lowest BCUT2D eigenvalue weighted by Crippen LogP contribution is -2.02. The van der Waals surface area contributed by atoms with Crippen molar-refractivity contribution < 1.29 is 9.53 Å². The predicted octanol–water partition coefficient (Wildman–Crippen LogP) is 2.54. The highest BCUT2D eigenvalue weighted by molar-refractivity contribution is 5.49. The summed E-state index contributed by atoms with van der Waals surface area (Å²) in [6.07, 6.45) is 3.22. The van der Waals surface area contributed by atoms with Gasteiger partial charge in [0.15, 0.2) is 0 Å². The lowest BCUT2D eigenvalue weighted by molar-refractivity contribution is -0.107. The van der Waals surface area contributed by atoms with Crippen LogP contribution in [0.5, 0.6) is 0 Å². The number of aryl methyl sites for hydroxylation is 1. The van der Waals surface area contributed by atoms with Gasteiger partial charge in [0.25, 0.3) is 0 Å². The third kappa shape index (κ3) is 3.51. The number of para-hydroxylation sites is 1. The standard InChI is InChI=1S/C15H18N2O2/c1-19-12-13-11-15(9-5-6-10-18)17(16-13)14-7-3-2-4-8-14/h2-4,7-8,10-11H,5-6,9,12H2,1H3. The molecule has 0 saturated heterocycles. The molecule has 2 aromatic rings. The first-order valence-corrected chi connectivity index (χ1v) is 6.41. The monoisotopic (exact) mass is 258 g/mol. The van der Waals surface area contributed by atoms with E-state index in [0.29, 0.717) is 13.0 Å². The van der Waals surface area contributed by atoms with Crippen molar-refractivity contribution in [2.45, 2.75) is 25.9 Å². The first-order chi connectivity index (χ1) is 9.35. The molecule has 4 heteroatoms. The maximum atomic E-state index is 10.4. The molecule has 1 heterocycles. The fourth-order valence-electron chi connectivity index (χ4n) is 2.03. The molecule has 0 fully saturated rings. The van der Waals surface area contributed by atoms with Crippen molar-refractivity contribution in [3.63, 3.8) is 0 Å². The zero-order valence-electron chi connectivity index (χ0n) is 11.1. The van der Waals surface area contributed by atoms with Crippen molar-refractivity contribution in [3.8, 4) is 5.69 Å². The SMILES string of the molecule is COCc1cc(CCCC=O)n(-c2ccccc2)n1. The van der Waals surface area contributed by atoms with Gasteiger partial charge in [0, 0.05) is 19.2 Å². The highest BCUT2D eigenvalue weighted by Gasteiger charge is 2.09. The average molecular weight is 258 g/mol. The number of carbonyl (C=O) groups is 1. The Morgan fingerprint density at radius 2 is 2.11 bits per heavy atom. The molecule has 100 valence electrons. The Balaban J connectivity index is 2.26. The smallest absolute Gasteiger partial charge is 0.120 e. The third-order valence-electron chi connectivity index (χ3n) is 2.88. The number of hydrogen-bond donors (Lipinski definition) is 0. The van der Waals surface area contributed by atoms with Crippen LogP contribution < -0.4 is 0 Å². The molecule has 1 aromatic heterocycles. The number of benzene rings is 1. The second kappa shape index (κ2) is 6.85. The maximum absolute atomic E-state index is 10.4. The summed E-state index contributed by atoms with van der Waals surface area (Å²) in [5.41, 5.74) is 3.05. The van der Waals surface area contributed by atoms with Crippen LogP contribution in [0, 0.1) is 0 Å². The minimum atomic E-state index is 0.501. The quantitative estimate of drug-likeness (QED) is 0.566. The van der Waals surface area contributed by atoms with Gasteiger partial charge in [0.2, 0.25) is 0 Å². The van der Waals surface area contributed by atoms with E-state index in [1.807, 2.05) is 41.1 Å². The molecule has 0 bridgehead atoms. The Kier molecular flexibility index (Phi) is 4.86. The van der Waals surface area contributed by atoms with Gasteiger partial charge in [0.05, 0.1) is 18.0 Å². The van der Waals surface area contributed by atoms with E-state index in [2.05, 4.69) is 5.10 Å². The Hall–Kier alpha value is -1.94. The summed E-state index contributed by atoms with van der Waals surface area (Å²) in [4.78, 5) is 10.4. The number of aromatic nitrogens is 2. The molecule has 0 saturated carbocycles. The molecule has 0 atom stereocenters. The van der Waals surface area contributed by atoms with E-state index >= 15 is 0 Å². The van der Waals surface area contributed by atoms with E-state index in [1.165, 1.54) is 0 Å². The highest BCUT2D eigenvalue weighted by atomic mass is 16.5. The van der Waals surface area contributed by atoms with Crippen LogP contribution in [0.3, 0.4) is 0 Å². The van der Waals surface area contributed by atoms with Gasteiger partial charge in [-0.2, -0.15) is 5.10 Å². The van der Waals surface area contributed by atoms with Gasteiger partial charge in [-0.15, -0.1) is 0 Å². The zero-order valence-corrected chi connectivity index (χ0v) is 11.1. The minimum absolute atomic E-state index is 0.501. The van der Waals surface area contributed by atoms with Crippen LogP contribution in [0.15, 0.2) is 36.4 Å². The average Bonchev–Trinajstić information content (AvgIpc) is 2.84. The molecule has 0 N–H and O–H groups in total. The van der Waals surface area contributed by atoms with Gasteiger partial charge in [-0.25, -0.2) is 4.68 Å². The highest BCUT2D eigenvalue weighted by Crippen LogP contribution is 2.15. The molecule has 0 unspecified atom stereocenters. The molecule has 0 aliphatic rings. The number of nitrogens with zero attached hydrogens (tertiary/aromatic N) is 2. The minimum Gasteiger partial charge on any atom is -0.378 e. The summed E-state index contributed by atoms with van der Waals surface area (Å²) in [5.74, 6) is 0. The van der Waals surface area contributed by atoms with Gasteiger partial charge in [-0.05, 0) is 31.0 Å². The number of methoxy groups -OCH3 is 1.